The van der Waals surface area contributed by atoms with Gasteiger partial charge in [0.1, 0.15) is 0 Å². The Labute approximate surface area is 142 Å². The molecule has 0 spiro atoms. The lowest BCUT2D eigenvalue weighted by Gasteiger charge is -2.28. The largest absolute Gasteiger partial charge is 0.333 e. The van der Waals surface area contributed by atoms with Gasteiger partial charge in [-0.2, -0.15) is 0 Å². The van der Waals surface area contributed by atoms with Gasteiger partial charge >= 0.3 is 0 Å². The molecule has 0 radical (unpaired) electrons. The zero-order chi connectivity index (χ0) is 16.8. The Morgan fingerprint density at radius 1 is 1.04 bits per heavy atom. The molecule has 0 saturated carbocycles. The molecule has 24 heavy (non-hydrogen) atoms. The van der Waals surface area contributed by atoms with E-state index in [-0.39, 0.29) is 5.91 Å². The van der Waals surface area contributed by atoms with Crippen molar-refractivity contribution in [2.75, 3.05) is 13.1 Å². The maximum Gasteiger partial charge on any atom is 0.223 e. The van der Waals surface area contributed by atoms with E-state index in [1.54, 1.807) is 0 Å². The van der Waals surface area contributed by atoms with Crippen molar-refractivity contribution in [3.63, 3.8) is 0 Å². The molecule has 0 saturated heterocycles. The van der Waals surface area contributed by atoms with E-state index >= 15 is 0 Å². The third-order valence-electron chi connectivity index (χ3n) is 4.48. The van der Waals surface area contributed by atoms with Crippen molar-refractivity contribution in [2.24, 2.45) is 5.73 Å². The smallest absolute Gasteiger partial charge is 0.223 e. The molecule has 3 rings (SSSR count). The molecule has 1 aliphatic heterocycles. The molecular weight excluding hydrogens is 302 g/mol. The van der Waals surface area contributed by atoms with Gasteiger partial charge in [0.2, 0.25) is 5.91 Å². The summed E-state index contributed by atoms with van der Waals surface area (Å²) in [7, 11) is 0. The van der Waals surface area contributed by atoms with E-state index in [2.05, 4.69) is 14.8 Å². The summed E-state index contributed by atoms with van der Waals surface area (Å²) in [5, 5.41) is 8.61. The summed E-state index contributed by atoms with van der Waals surface area (Å²) in [6.07, 6.45) is 4.79. The van der Waals surface area contributed by atoms with Crippen LogP contribution in [0.5, 0.6) is 0 Å². The van der Waals surface area contributed by atoms with Crippen LogP contribution < -0.4 is 5.73 Å². The number of aromatic nitrogens is 3. The Morgan fingerprint density at radius 3 is 2.62 bits per heavy atom. The molecule has 0 bridgehead atoms. The van der Waals surface area contributed by atoms with Crippen molar-refractivity contribution in [3.8, 4) is 11.4 Å². The minimum Gasteiger partial charge on any atom is -0.333 e. The van der Waals surface area contributed by atoms with Gasteiger partial charge < -0.3 is 15.2 Å². The molecule has 6 heteroatoms. The van der Waals surface area contributed by atoms with E-state index in [1.165, 1.54) is 0 Å². The van der Waals surface area contributed by atoms with Crippen molar-refractivity contribution in [1.29, 1.82) is 0 Å². The average molecular weight is 327 g/mol. The molecule has 0 unspecified atom stereocenters. The first-order valence-corrected chi connectivity index (χ1v) is 8.75. The fourth-order valence-corrected chi connectivity index (χ4v) is 3.10. The van der Waals surface area contributed by atoms with Crippen LogP contribution in [-0.4, -0.2) is 38.7 Å². The third kappa shape index (κ3) is 3.82. The summed E-state index contributed by atoms with van der Waals surface area (Å²) in [6, 6.07) is 10.1. The lowest BCUT2D eigenvalue weighted by molar-refractivity contribution is -0.132. The molecule has 1 aromatic carbocycles. The highest BCUT2D eigenvalue weighted by Crippen LogP contribution is 2.22. The van der Waals surface area contributed by atoms with Gasteiger partial charge in [-0.15, -0.1) is 10.2 Å². The molecular formula is C18H25N5O. The van der Waals surface area contributed by atoms with Gasteiger partial charge in [0.05, 0.1) is 6.54 Å². The minimum atomic E-state index is 0.221. The van der Waals surface area contributed by atoms with Crippen LogP contribution in [0.3, 0.4) is 0 Å². The first-order chi connectivity index (χ1) is 11.8. The van der Waals surface area contributed by atoms with Crippen molar-refractivity contribution in [3.05, 3.63) is 36.2 Å². The Morgan fingerprint density at radius 2 is 1.83 bits per heavy atom. The molecule has 1 aromatic heterocycles. The van der Waals surface area contributed by atoms with Crippen molar-refractivity contribution in [1.82, 2.24) is 19.7 Å². The molecule has 128 valence electrons. The van der Waals surface area contributed by atoms with Crippen molar-refractivity contribution < 1.29 is 4.79 Å². The number of carbonyl (C=O) groups is 1. The topological polar surface area (TPSA) is 77.0 Å². The first kappa shape index (κ1) is 16.6. The number of unbranched alkanes of at least 4 members (excludes halogenated alkanes) is 3. The quantitative estimate of drug-likeness (QED) is 0.791. The molecule has 0 atom stereocenters. The molecule has 0 aliphatic carbocycles. The molecule has 2 heterocycles. The van der Waals surface area contributed by atoms with E-state index < -0.39 is 0 Å². The van der Waals surface area contributed by atoms with E-state index in [0.717, 1.165) is 62.5 Å². The maximum absolute atomic E-state index is 12.4. The highest BCUT2D eigenvalue weighted by molar-refractivity contribution is 5.76. The lowest BCUT2D eigenvalue weighted by Crippen LogP contribution is -2.38. The van der Waals surface area contributed by atoms with Gasteiger partial charge in [-0.05, 0) is 19.4 Å². The zero-order valence-electron chi connectivity index (χ0n) is 14.0. The summed E-state index contributed by atoms with van der Waals surface area (Å²) in [5.41, 5.74) is 6.55. The number of carbonyl (C=O) groups excluding carboxylic acids is 1. The normalized spacial score (nSPS) is 13.8. The second kappa shape index (κ2) is 8.06. The Hall–Kier alpha value is -2.21. The number of hydrogen-bond acceptors (Lipinski definition) is 4. The van der Waals surface area contributed by atoms with Crippen LogP contribution in [0, 0.1) is 0 Å². The number of nitrogens with two attached hydrogens (primary N) is 1. The Bertz CT molecular complexity index is 667. The van der Waals surface area contributed by atoms with E-state index in [4.69, 9.17) is 5.73 Å². The number of nitrogens with zero attached hydrogens (tertiary/aromatic N) is 4. The Kier molecular flexibility index (Phi) is 5.59. The zero-order valence-corrected chi connectivity index (χ0v) is 14.0. The predicted octanol–water partition coefficient (Wildman–Crippen LogP) is 2.20. The molecule has 1 aliphatic rings. The van der Waals surface area contributed by atoms with E-state index in [9.17, 15) is 4.79 Å². The molecule has 2 aromatic rings. The van der Waals surface area contributed by atoms with Crippen molar-refractivity contribution in [2.45, 2.75) is 45.2 Å². The summed E-state index contributed by atoms with van der Waals surface area (Å²) in [6.45, 7) is 2.78. The van der Waals surface area contributed by atoms with E-state index in [0.29, 0.717) is 13.0 Å². The fourth-order valence-electron chi connectivity index (χ4n) is 3.10. The highest BCUT2D eigenvalue weighted by Gasteiger charge is 2.24. The van der Waals surface area contributed by atoms with Crippen LogP contribution in [0.1, 0.15) is 37.9 Å². The molecule has 1 amide bonds. The van der Waals surface area contributed by atoms with Gasteiger partial charge in [0.15, 0.2) is 11.6 Å². The summed E-state index contributed by atoms with van der Waals surface area (Å²) in [4.78, 5) is 14.3. The van der Waals surface area contributed by atoms with Gasteiger partial charge in [-0.25, -0.2) is 0 Å². The van der Waals surface area contributed by atoms with Gasteiger partial charge in [-0.1, -0.05) is 43.2 Å². The summed E-state index contributed by atoms with van der Waals surface area (Å²) < 4.78 is 2.13. The molecule has 0 fully saturated rings. The number of benzene rings is 1. The third-order valence-corrected chi connectivity index (χ3v) is 4.48. The number of rotatable bonds is 7. The first-order valence-electron chi connectivity index (χ1n) is 8.75. The van der Waals surface area contributed by atoms with Crippen LogP contribution in [0.4, 0.5) is 0 Å². The van der Waals surface area contributed by atoms with Gasteiger partial charge in [-0.3, -0.25) is 4.79 Å². The average Bonchev–Trinajstić information content (AvgIpc) is 3.05. The number of hydrogen-bond donors (Lipinski definition) is 1. The highest BCUT2D eigenvalue weighted by atomic mass is 16.2. The van der Waals surface area contributed by atoms with Crippen molar-refractivity contribution >= 4 is 5.91 Å². The van der Waals surface area contributed by atoms with E-state index in [1.807, 2.05) is 35.2 Å². The van der Waals surface area contributed by atoms with Crippen LogP contribution in [-0.2, 0) is 17.9 Å². The number of fused-ring (bicyclic) bond motifs is 1. The van der Waals surface area contributed by atoms with Crippen LogP contribution >= 0.6 is 0 Å². The van der Waals surface area contributed by atoms with Gasteiger partial charge in [0.25, 0.3) is 0 Å². The molecule has 2 N–H and O–H groups in total. The lowest BCUT2D eigenvalue weighted by atomic mass is 10.1. The van der Waals surface area contributed by atoms with Crippen LogP contribution in [0.2, 0.25) is 0 Å². The van der Waals surface area contributed by atoms with Gasteiger partial charge in [0, 0.05) is 25.1 Å². The second-order valence-electron chi connectivity index (χ2n) is 6.23. The summed E-state index contributed by atoms with van der Waals surface area (Å²) in [5.74, 6) is 1.98. The SMILES string of the molecule is NCCCCCCC(=O)N1CCn2c(nnc2-c2ccccc2)C1. The maximum atomic E-state index is 12.4. The Balaban J connectivity index is 1.58. The summed E-state index contributed by atoms with van der Waals surface area (Å²) >= 11 is 0. The van der Waals surface area contributed by atoms with Crippen LogP contribution in [0.15, 0.2) is 30.3 Å². The molecule has 6 nitrogen and oxygen atoms in total. The minimum absolute atomic E-state index is 0.221. The fraction of sp³-hybridized carbons (Fsp3) is 0.500. The van der Waals surface area contributed by atoms with Crippen LogP contribution in [0.25, 0.3) is 11.4 Å². The monoisotopic (exact) mass is 327 g/mol. The predicted molar refractivity (Wildman–Crippen MR) is 93.0 cm³/mol. The number of amides is 1. The standard InChI is InChI=1S/C18H25N5O/c19-11-7-2-1-6-10-17(24)22-12-13-23-16(14-22)20-21-18(23)15-8-4-3-5-9-15/h3-5,8-9H,1-2,6-7,10-14,19H2. The second-order valence-corrected chi connectivity index (χ2v) is 6.23.